The van der Waals surface area contributed by atoms with Crippen LogP contribution in [0.1, 0.15) is 38.8 Å². The fourth-order valence-electron chi connectivity index (χ4n) is 4.25. The zero-order valence-corrected chi connectivity index (χ0v) is 22.5. The van der Waals surface area contributed by atoms with Gasteiger partial charge in [0.1, 0.15) is 17.9 Å². The van der Waals surface area contributed by atoms with E-state index in [1.54, 1.807) is 42.6 Å². The first-order valence-corrected chi connectivity index (χ1v) is 13.3. The Morgan fingerprint density at radius 1 is 1.18 bits per heavy atom. The van der Waals surface area contributed by atoms with Crippen LogP contribution in [0.25, 0.3) is 15.7 Å². The number of nitrogens with zero attached hydrogens (tertiary/aromatic N) is 2. The van der Waals surface area contributed by atoms with Gasteiger partial charge in [0.15, 0.2) is 0 Å². The van der Waals surface area contributed by atoms with Crippen LogP contribution in [0.4, 0.5) is 24.8 Å². The van der Waals surface area contributed by atoms with E-state index in [9.17, 15) is 18.0 Å². The van der Waals surface area contributed by atoms with E-state index in [4.69, 9.17) is 9.72 Å². The number of fused-ring (bicyclic) bond motifs is 1. The SMILES string of the molecule is C=C(C)S/C(=C(\C)Oc1ccc(NC(=O)CC(F)(F)F)c2ccccc12)c1ccnc(NC2CCCNC2)n1. The lowest BCUT2D eigenvalue weighted by atomic mass is 10.1. The number of carbonyl (C=O) groups is 1. The predicted octanol–water partition coefficient (Wildman–Crippen LogP) is 6.72. The van der Waals surface area contributed by atoms with Gasteiger partial charge in [0.05, 0.1) is 10.6 Å². The summed E-state index contributed by atoms with van der Waals surface area (Å²) in [6, 6.07) is 12.3. The number of amides is 1. The molecule has 3 N–H and O–H groups in total. The molecule has 11 heteroatoms. The van der Waals surface area contributed by atoms with Crippen LogP contribution in [0, 0.1) is 0 Å². The molecule has 206 valence electrons. The van der Waals surface area contributed by atoms with Crippen molar-refractivity contribution in [3.05, 3.63) is 71.6 Å². The number of benzene rings is 2. The average Bonchev–Trinajstić information content (AvgIpc) is 2.88. The summed E-state index contributed by atoms with van der Waals surface area (Å²) in [5, 5.41) is 10.3. The standard InChI is InChI=1S/C28H30F3N5O2S/c1-17(2)39-26(23-12-14-33-27(36-23)34-19-7-6-13-32-16-19)18(3)38-24-11-10-22(20-8-4-5-9-21(20)24)35-25(37)15-28(29,30)31/h4-5,8-12,14,19,32H,1,6-7,13,15-16H2,2-3H3,(H,35,37)(H,33,34,36)/b26-18+. The maximum atomic E-state index is 12.7. The number of anilines is 2. The van der Waals surface area contributed by atoms with Crippen molar-refractivity contribution < 1.29 is 22.7 Å². The first-order valence-electron chi connectivity index (χ1n) is 12.5. The number of allylic oxidation sites excluding steroid dienone is 2. The lowest BCUT2D eigenvalue weighted by Gasteiger charge is -2.24. The van der Waals surface area contributed by atoms with Gasteiger partial charge < -0.3 is 20.7 Å². The normalized spacial score (nSPS) is 16.4. The number of carbonyl (C=O) groups excluding carboxylic acids is 1. The third kappa shape index (κ3) is 7.96. The molecule has 1 aliphatic heterocycles. The lowest BCUT2D eigenvalue weighted by molar-refractivity contribution is -0.150. The van der Waals surface area contributed by atoms with E-state index >= 15 is 0 Å². The molecule has 7 nitrogen and oxygen atoms in total. The van der Waals surface area contributed by atoms with Crippen molar-refractivity contribution in [3.63, 3.8) is 0 Å². The Kier molecular flexibility index (Phi) is 9.13. The smallest absolute Gasteiger partial charge is 0.397 e. The number of hydrogen-bond donors (Lipinski definition) is 3. The molecule has 0 spiro atoms. The second-order valence-electron chi connectivity index (χ2n) is 9.24. The molecular formula is C28H30F3N5O2S. The van der Waals surface area contributed by atoms with E-state index in [1.807, 2.05) is 13.8 Å². The number of nitrogens with one attached hydrogen (secondary N) is 3. The summed E-state index contributed by atoms with van der Waals surface area (Å²) in [6.45, 7) is 9.59. The second-order valence-corrected chi connectivity index (χ2v) is 10.6. The molecule has 2 aromatic carbocycles. The predicted molar refractivity (Wildman–Crippen MR) is 150 cm³/mol. The number of aromatic nitrogens is 2. The molecule has 1 saturated heterocycles. The van der Waals surface area contributed by atoms with Crippen LogP contribution >= 0.6 is 11.8 Å². The average molecular weight is 558 g/mol. The Hall–Kier alpha value is -3.57. The van der Waals surface area contributed by atoms with Crippen LogP contribution < -0.4 is 20.7 Å². The van der Waals surface area contributed by atoms with Crippen molar-refractivity contribution >= 4 is 45.0 Å². The van der Waals surface area contributed by atoms with Gasteiger partial charge in [0.2, 0.25) is 11.9 Å². The van der Waals surface area contributed by atoms with E-state index < -0.39 is 18.5 Å². The molecule has 0 saturated carbocycles. The lowest BCUT2D eigenvalue weighted by Crippen LogP contribution is -2.38. The summed E-state index contributed by atoms with van der Waals surface area (Å²) in [5.74, 6) is 0.441. The third-order valence-electron chi connectivity index (χ3n) is 5.90. The summed E-state index contributed by atoms with van der Waals surface area (Å²) < 4.78 is 44.3. The fraction of sp³-hybridized carbons (Fsp3) is 0.321. The zero-order chi connectivity index (χ0) is 28.0. The molecule has 0 aliphatic carbocycles. The quantitative estimate of drug-likeness (QED) is 0.252. The molecule has 4 rings (SSSR count). The van der Waals surface area contributed by atoms with Crippen LogP contribution in [0.5, 0.6) is 5.75 Å². The number of alkyl halides is 3. The molecule has 1 atom stereocenters. The monoisotopic (exact) mass is 557 g/mol. The van der Waals surface area contributed by atoms with Gasteiger partial charge in [0, 0.05) is 35.2 Å². The van der Waals surface area contributed by atoms with Crippen molar-refractivity contribution in [1.29, 1.82) is 0 Å². The minimum atomic E-state index is -4.59. The van der Waals surface area contributed by atoms with Gasteiger partial charge in [0.25, 0.3) is 0 Å². The summed E-state index contributed by atoms with van der Waals surface area (Å²) in [4.78, 5) is 22.6. The Balaban J connectivity index is 1.64. The van der Waals surface area contributed by atoms with E-state index in [-0.39, 0.29) is 11.7 Å². The van der Waals surface area contributed by atoms with E-state index in [0.29, 0.717) is 33.9 Å². The van der Waals surface area contributed by atoms with Crippen LogP contribution in [0.2, 0.25) is 0 Å². The molecule has 1 fully saturated rings. The Labute approximate surface area is 229 Å². The van der Waals surface area contributed by atoms with Gasteiger partial charge in [-0.15, -0.1) is 0 Å². The third-order valence-corrected chi connectivity index (χ3v) is 6.95. The maximum absolute atomic E-state index is 12.7. The first kappa shape index (κ1) is 28.4. The van der Waals surface area contributed by atoms with Crippen molar-refractivity contribution in [2.75, 3.05) is 23.7 Å². The number of thioether (sulfide) groups is 1. The number of halogens is 3. The minimum absolute atomic E-state index is 0.245. The number of rotatable bonds is 9. The van der Waals surface area contributed by atoms with Crippen molar-refractivity contribution in [1.82, 2.24) is 15.3 Å². The minimum Gasteiger partial charge on any atom is -0.460 e. The molecule has 0 radical (unpaired) electrons. The van der Waals surface area contributed by atoms with E-state index in [1.165, 1.54) is 17.8 Å². The molecule has 2 heterocycles. The highest BCUT2D eigenvalue weighted by molar-refractivity contribution is 8.11. The molecule has 1 unspecified atom stereocenters. The Morgan fingerprint density at radius 2 is 1.95 bits per heavy atom. The molecule has 1 aromatic heterocycles. The van der Waals surface area contributed by atoms with E-state index in [2.05, 4.69) is 27.5 Å². The van der Waals surface area contributed by atoms with Crippen LogP contribution in [0.3, 0.4) is 0 Å². The maximum Gasteiger partial charge on any atom is 0.397 e. The Morgan fingerprint density at radius 3 is 2.64 bits per heavy atom. The van der Waals surface area contributed by atoms with Gasteiger partial charge in [-0.3, -0.25) is 4.79 Å². The largest absolute Gasteiger partial charge is 0.460 e. The summed E-state index contributed by atoms with van der Waals surface area (Å²) in [7, 11) is 0. The van der Waals surface area contributed by atoms with Gasteiger partial charge in [-0.2, -0.15) is 13.2 Å². The molecule has 1 aliphatic rings. The highest BCUT2D eigenvalue weighted by atomic mass is 32.2. The van der Waals surface area contributed by atoms with Crippen molar-refractivity contribution in [2.45, 2.75) is 45.3 Å². The molecule has 3 aromatic rings. The summed E-state index contributed by atoms with van der Waals surface area (Å²) in [5.41, 5.74) is 0.941. The van der Waals surface area contributed by atoms with Gasteiger partial charge in [-0.25, -0.2) is 9.97 Å². The number of piperidine rings is 1. The summed E-state index contributed by atoms with van der Waals surface area (Å²) in [6.07, 6.45) is -2.34. The fourth-order valence-corrected chi connectivity index (χ4v) is 5.00. The van der Waals surface area contributed by atoms with Crippen LogP contribution in [-0.2, 0) is 4.79 Å². The highest BCUT2D eigenvalue weighted by Gasteiger charge is 2.31. The zero-order valence-electron chi connectivity index (χ0n) is 21.7. The summed E-state index contributed by atoms with van der Waals surface area (Å²) >= 11 is 1.42. The highest BCUT2D eigenvalue weighted by Crippen LogP contribution is 2.38. The molecule has 1 amide bonds. The van der Waals surface area contributed by atoms with Crippen LogP contribution in [0.15, 0.2) is 65.9 Å². The van der Waals surface area contributed by atoms with Gasteiger partial charge in [-0.05, 0) is 56.3 Å². The molecular weight excluding hydrogens is 527 g/mol. The van der Waals surface area contributed by atoms with Gasteiger partial charge >= 0.3 is 6.18 Å². The number of ether oxygens (including phenoxy) is 1. The van der Waals surface area contributed by atoms with Crippen molar-refractivity contribution in [2.24, 2.45) is 0 Å². The van der Waals surface area contributed by atoms with Crippen molar-refractivity contribution in [3.8, 4) is 5.75 Å². The van der Waals surface area contributed by atoms with E-state index in [0.717, 1.165) is 35.7 Å². The topological polar surface area (TPSA) is 88.2 Å². The first-order chi connectivity index (χ1) is 18.6. The molecule has 0 bridgehead atoms. The Bertz CT molecular complexity index is 1390. The molecule has 39 heavy (non-hydrogen) atoms. The van der Waals surface area contributed by atoms with Gasteiger partial charge in [-0.1, -0.05) is 42.6 Å². The number of hydrogen-bond acceptors (Lipinski definition) is 7. The van der Waals surface area contributed by atoms with Crippen LogP contribution in [-0.4, -0.2) is 41.2 Å². The second kappa shape index (κ2) is 12.5.